The number of carbonyl (C=O) groups is 1. The van der Waals surface area contributed by atoms with Crippen molar-refractivity contribution in [2.75, 3.05) is 5.32 Å². The molecule has 1 amide bonds. The number of fused-ring (bicyclic) bond motifs is 3. The lowest BCUT2D eigenvalue weighted by atomic mass is 9.76. The lowest BCUT2D eigenvalue weighted by Gasteiger charge is -2.37. The Labute approximate surface area is 180 Å². The predicted octanol–water partition coefficient (Wildman–Crippen LogP) is 5.60. The molecule has 156 valence electrons. The summed E-state index contributed by atoms with van der Waals surface area (Å²) in [6.45, 7) is 4.03. The minimum atomic E-state index is -0.449. The first-order valence-corrected chi connectivity index (χ1v) is 10.6. The van der Waals surface area contributed by atoms with Gasteiger partial charge in [-0.05, 0) is 61.1 Å². The smallest absolute Gasteiger partial charge is 0.288 e. The molecule has 6 nitrogen and oxygen atoms in total. The van der Waals surface area contributed by atoms with Gasteiger partial charge in [0.25, 0.3) is 11.6 Å². The standard InChI is InChI=1S/C23H24ClN3O3/c1-3-13(2)25-23(28)15-8-10-20-18(11-15)16-5-4-6-17(16)22(26-20)14-7-9-19(24)21(12-14)27(29)30/h4-5,7-13,16-17,22,26H,3,6H2,1-2H3,(H,25,28). The van der Waals surface area contributed by atoms with E-state index in [9.17, 15) is 14.9 Å². The topological polar surface area (TPSA) is 84.3 Å². The molecule has 7 heteroatoms. The Kier molecular flexibility index (Phi) is 5.52. The molecule has 0 aromatic heterocycles. The molecule has 0 spiro atoms. The Morgan fingerprint density at radius 3 is 2.87 bits per heavy atom. The lowest BCUT2D eigenvalue weighted by molar-refractivity contribution is -0.384. The highest BCUT2D eigenvalue weighted by molar-refractivity contribution is 6.32. The molecular formula is C23H24ClN3O3. The van der Waals surface area contributed by atoms with Gasteiger partial charge in [0.1, 0.15) is 5.02 Å². The molecule has 1 aliphatic carbocycles. The summed E-state index contributed by atoms with van der Waals surface area (Å²) < 4.78 is 0. The molecule has 2 aromatic rings. The molecule has 2 N–H and O–H groups in total. The number of anilines is 1. The Balaban J connectivity index is 1.68. The summed E-state index contributed by atoms with van der Waals surface area (Å²) in [6, 6.07) is 10.8. The third kappa shape index (κ3) is 3.67. The van der Waals surface area contributed by atoms with Crippen LogP contribution in [0.1, 0.15) is 60.1 Å². The number of halogens is 1. The van der Waals surface area contributed by atoms with Crippen molar-refractivity contribution >= 4 is 28.9 Å². The van der Waals surface area contributed by atoms with Gasteiger partial charge in [0.15, 0.2) is 0 Å². The highest BCUT2D eigenvalue weighted by Crippen LogP contribution is 2.50. The third-order valence-electron chi connectivity index (χ3n) is 6.14. The van der Waals surface area contributed by atoms with Crippen molar-refractivity contribution < 1.29 is 9.72 Å². The van der Waals surface area contributed by atoms with Crippen molar-refractivity contribution in [3.05, 3.63) is 80.4 Å². The maximum atomic E-state index is 12.6. The Morgan fingerprint density at radius 2 is 2.13 bits per heavy atom. The van der Waals surface area contributed by atoms with Gasteiger partial charge in [-0.3, -0.25) is 14.9 Å². The van der Waals surface area contributed by atoms with E-state index in [4.69, 9.17) is 11.6 Å². The maximum Gasteiger partial charge on any atom is 0.288 e. The zero-order valence-electron chi connectivity index (χ0n) is 16.9. The zero-order valence-corrected chi connectivity index (χ0v) is 17.6. The van der Waals surface area contributed by atoms with Crippen LogP contribution in [0.5, 0.6) is 0 Å². The second kappa shape index (κ2) is 8.11. The number of amides is 1. The molecule has 2 aromatic carbocycles. The fourth-order valence-corrected chi connectivity index (χ4v) is 4.52. The first-order valence-electron chi connectivity index (χ1n) is 10.2. The molecule has 1 heterocycles. The van der Waals surface area contributed by atoms with Crippen LogP contribution in [0.3, 0.4) is 0 Å². The van der Waals surface area contributed by atoms with E-state index in [0.717, 1.165) is 29.7 Å². The molecule has 0 fully saturated rings. The second-order valence-corrected chi connectivity index (χ2v) is 8.44. The van der Waals surface area contributed by atoms with Crippen LogP contribution in [0.2, 0.25) is 5.02 Å². The van der Waals surface area contributed by atoms with Gasteiger partial charge in [-0.2, -0.15) is 0 Å². The van der Waals surface area contributed by atoms with E-state index in [-0.39, 0.29) is 40.5 Å². The van der Waals surface area contributed by atoms with Gasteiger partial charge in [0.2, 0.25) is 0 Å². The maximum absolute atomic E-state index is 12.6. The molecule has 0 radical (unpaired) electrons. The molecular weight excluding hydrogens is 402 g/mol. The fourth-order valence-electron chi connectivity index (χ4n) is 4.34. The van der Waals surface area contributed by atoms with Crippen molar-refractivity contribution in [2.24, 2.45) is 5.92 Å². The van der Waals surface area contributed by atoms with Crippen molar-refractivity contribution in [3.8, 4) is 0 Å². The molecule has 4 atom stereocenters. The van der Waals surface area contributed by atoms with E-state index in [0.29, 0.717) is 5.56 Å². The van der Waals surface area contributed by atoms with Gasteiger partial charge in [0.05, 0.1) is 11.0 Å². The number of nitro benzene ring substituents is 1. The summed E-state index contributed by atoms with van der Waals surface area (Å²) in [5.74, 6) is 0.296. The van der Waals surface area contributed by atoms with E-state index in [1.54, 1.807) is 12.1 Å². The highest BCUT2D eigenvalue weighted by atomic mass is 35.5. The summed E-state index contributed by atoms with van der Waals surface area (Å²) in [5.41, 5.74) is 3.45. The first-order chi connectivity index (χ1) is 14.4. The van der Waals surface area contributed by atoms with Gasteiger partial charge in [-0.25, -0.2) is 0 Å². The number of hydrogen-bond donors (Lipinski definition) is 2. The predicted molar refractivity (Wildman–Crippen MR) is 118 cm³/mol. The van der Waals surface area contributed by atoms with Gasteiger partial charge in [-0.1, -0.05) is 36.7 Å². The van der Waals surface area contributed by atoms with E-state index >= 15 is 0 Å². The molecule has 4 rings (SSSR count). The van der Waals surface area contributed by atoms with Crippen LogP contribution in [0.4, 0.5) is 11.4 Å². The number of hydrogen-bond acceptors (Lipinski definition) is 4. The lowest BCUT2D eigenvalue weighted by Crippen LogP contribution is -2.33. The molecule has 0 bridgehead atoms. The summed E-state index contributed by atoms with van der Waals surface area (Å²) in [4.78, 5) is 23.5. The minimum absolute atomic E-state index is 0.0684. The van der Waals surface area contributed by atoms with Crippen molar-refractivity contribution in [2.45, 2.75) is 44.7 Å². The number of nitro groups is 1. The van der Waals surface area contributed by atoms with E-state index < -0.39 is 4.92 Å². The van der Waals surface area contributed by atoms with Crippen LogP contribution < -0.4 is 10.6 Å². The van der Waals surface area contributed by atoms with Crippen LogP contribution in [0.25, 0.3) is 0 Å². The van der Waals surface area contributed by atoms with Crippen LogP contribution in [0, 0.1) is 16.0 Å². The minimum Gasteiger partial charge on any atom is -0.378 e. The Hall–Kier alpha value is -2.86. The monoisotopic (exact) mass is 425 g/mol. The van der Waals surface area contributed by atoms with E-state index in [1.807, 2.05) is 38.1 Å². The number of benzene rings is 2. The SMILES string of the molecule is CCC(C)NC(=O)c1ccc2c(c1)C1C=CCC1C(c1ccc(Cl)c([N+](=O)[O-])c1)N2. The average molecular weight is 426 g/mol. The van der Waals surface area contributed by atoms with Gasteiger partial charge in [-0.15, -0.1) is 0 Å². The summed E-state index contributed by atoms with van der Waals surface area (Å²) in [7, 11) is 0. The number of nitrogens with zero attached hydrogens (tertiary/aromatic N) is 1. The second-order valence-electron chi connectivity index (χ2n) is 8.03. The number of nitrogens with one attached hydrogen (secondary N) is 2. The summed E-state index contributed by atoms with van der Waals surface area (Å²) in [6.07, 6.45) is 6.06. The third-order valence-corrected chi connectivity index (χ3v) is 6.46. The molecule has 2 aliphatic rings. The van der Waals surface area contributed by atoms with E-state index in [1.165, 1.54) is 0 Å². The van der Waals surface area contributed by atoms with Crippen molar-refractivity contribution in [1.29, 1.82) is 0 Å². The molecule has 0 saturated carbocycles. The molecule has 1 aliphatic heterocycles. The zero-order chi connectivity index (χ0) is 21.4. The quantitative estimate of drug-likeness (QED) is 0.371. The fraction of sp³-hybridized carbons (Fsp3) is 0.348. The first kappa shape index (κ1) is 20.4. The molecule has 0 saturated heterocycles. The largest absolute Gasteiger partial charge is 0.378 e. The number of rotatable bonds is 5. The normalized spacial score (nSPS) is 22.6. The van der Waals surface area contributed by atoms with Crippen molar-refractivity contribution in [3.63, 3.8) is 0 Å². The van der Waals surface area contributed by atoms with Crippen LogP contribution in [0.15, 0.2) is 48.6 Å². The summed E-state index contributed by atoms with van der Waals surface area (Å²) in [5, 5.41) is 18.0. The average Bonchev–Trinajstić information content (AvgIpc) is 3.23. The van der Waals surface area contributed by atoms with Crippen LogP contribution in [-0.4, -0.2) is 16.9 Å². The molecule has 4 unspecified atom stereocenters. The van der Waals surface area contributed by atoms with Gasteiger partial charge in [0, 0.05) is 29.3 Å². The molecule has 30 heavy (non-hydrogen) atoms. The summed E-state index contributed by atoms with van der Waals surface area (Å²) >= 11 is 6.00. The Morgan fingerprint density at radius 1 is 1.33 bits per heavy atom. The van der Waals surface area contributed by atoms with E-state index in [2.05, 4.69) is 22.8 Å². The van der Waals surface area contributed by atoms with Crippen LogP contribution in [-0.2, 0) is 0 Å². The van der Waals surface area contributed by atoms with Crippen molar-refractivity contribution in [1.82, 2.24) is 5.32 Å². The Bertz CT molecular complexity index is 1040. The van der Waals surface area contributed by atoms with Gasteiger partial charge < -0.3 is 10.6 Å². The number of allylic oxidation sites excluding steroid dienone is 2. The number of carbonyl (C=O) groups excluding carboxylic acids is 1. The highest BCUT2D eigenvalue weighted by Gasteiger charge is 2.38. The van der Waals surface area contributed by atoms with Crippen LogP contribution >= 0.6 is 11.6 Å². The van der Waals surface area contributed by atoms with Gasteiger partial charge >= 0.3 is 0 Å².